The Hall–Kier alpha value is -1.36. The van der Waals surface area contributed by atoms with Crippen molar-refractivity contribution in [2.24, 2.45) is 5.73 Å². The first-order valence-corrected chi connectivity index (χ1v) is 5.74. The van der Waals surface area contributed by atoms with Crippen molar-refractivity contribution in [1.82, 2.24) is 4.98 Å². The molecule has 3 nitrogen and oxygen atoms in total. The Morgan fingerprint density at radius 1 is 1.20 bits per heavy atom. The summed E-state index contributed by atoms with van der Waals surface area (Å²) in [5.74, 6) is 0.334. The number of halogens is 3. The van der Waals surface area contributed by atoms with Gasteiger partial charge in [-0.2, -0.15) is 0 Å². The maximum atomic E-state index is 13.4. The first-order chi connectivity index (χ1) is 8.66. The van der Waals surface area contributed by atoms with Gasteiger partial charge < -0.3 is 10.5 Å². The molecule has 0 bridgehead atoms. The van der Waals surface area contributed by atoms with E-state index in [2.05, 4.69) is 4.98 Å². The van der Waals surface area contributed by atoms with E-state index in [9.17, 15) is 4.39 Å². The average molecular weight is 319 g/mol. The monoisotopic (exact) mass is 318 g/mol. The van der Waals surface area contributed by atoms with Gasteiger partial charge in [-0.3, -0.25) is 4.98 Å². The van der Waals surface area contributed by atoms with Gasteiger partial charge in [-0.05, 0) is 25.1 Å². The number of hydrogen-bond acceptors (Lipinski definition) is 3. The average Bonchev–Trinajstić information content (AvgIpc) is 2.38. The third kappa shape index (κ3) is 4.96. The van der Waals surface area contributed by atoms with Crippen LogP contribution in [-0.2, 0) is 6.61 Å². The molecule has 0 aliphatic rings. The van der Waals surface area contributed by atoms with Gasteiger partial charge in [-0.15, -0.1) is 24.8 Å². The first kappa shape index (κ1) is 18.6. The lowest BCUT2D eigenvalue weighted by atomic mass is 10.2. The van der Waals surface area contributed by atoms with Gasteiger partial charge in [0.15, 0.2) is 0 Å². The number of ether oxygens (including phenoxy) is 1. The predicted octanol–water partition coefficient (Wildman–Crippen LogP) is 3.66. The number of hydrogen-bond donors (Lipinski definition) is 1. The van der Waals surface area contributed by atoms with Crippen LogP contribution in [0.5, 0.6) is 5.75 Å². The smallest absolute Gasteiger partial charge is 0.138 e. The normalized spacial score (nSPS) is 10.9. The third-order valence-corrected chi connectivity index (χ3v) is 2.58. The summed E-state index contributed by atoms with van der Waals surface area (Å²) < 4.78 is 18.8. The second kappa shape index (κ2) is 8.74. The Morgan fingerprint density at radius 3 is 2.45 bits per heavy atom. The van der Waals surface area contributed by atoms with Crippen LogP contribution in [0.4, 0.5) is 4.39 Å². The predicted molar refractivity (Wildman–Crippen MR) is 82.1 cm³/mol. The fraction of sp³-hybridized carbons (Fsp3) is 0.214. The van der Waals surface area contributed by atoms with Crippen LogP contribution in [0, 0.1) is 5.82 Å². The number of aromatic nitrogens is 1. The van der Waals surface area contributed by atoms with Crippen LogP contribution in [0.3, 0.4) is 0 Å². The molecule has 6 heteroatoms. The molecule has 0 aliphatic carbocycles. The summed E-state index contributed by atoms with van der Waals surface area (Å²) in [6.07, 6.45) is 1.60. The molecule has 1 atom stereocenters. The topological polar surface area (TPSA) is 48.1 Å². The van der Waals surface area contributed by atoms with Gasteiger partial charge in [-0.1, -0.05) is 18.2 Å². The molecule has 2 aromatic rings. The summed E-state index contributed by atoms with van der Waals surface area (Å²) in [5.41, 5.74) is 7.02. The second-order valence-corrected chi connectivity index (χ2v) is 4.09. The minimum atomic E-state index is -0.266. The summed E-state index contributed by atoms with van der Waals surface area (Å²) in [7, 11) is 0. The van der Waals surface area contributed by atoms with E-state index in [0.717, 1.165) is 5.69 Å². The molecule has 0 saturated carbocycles. The van der Waals surface area contributed by atoms with Crippen molar-refractivity contribution in [3.8, 4) is 5.75 Å². The van der Waals surface area contributed by atoms with E-state index in [-0.39, 0.29) is 43.3 Å². The summed E-state index contributed by atoms with van der Waals surface area (Å²) in [6, 6.07) is 10.0. The SMILES string of the molecule is C[C@@H](N)c1ccc(OCc2ccccc2F)cn1.Cl.Cl. The van der Waals surface area contributed by atoms with Crippen LogP contribution in [0.25, 0.3) is 0 Å². The zero-order valence-corrected chi connectivity index (χ0v) is 12.6. The fourth-order valence-electron chi connectivity index (χ4n) is 1.52. The molecule has 1 heterocycles. The van der Waals surface area contributed by atoms with Gasteiger partial charge in [0.2, 0.25) is 0 Å². The van der Waals surface area contributed by atoms with E-state index in [1.54, 1.807) is 36.5 Å². The first-order valence-electron chi connectivity index (χ1n) is 5.74. The second-order valence-electron chi connectivity index (χ2n) is 4.09. The number of pyridine rings is 1. The summed E-state index contributed by atoms with van der Waals surface area (Å²) >= 11 is 0. The molecular weight excluding hydrogens is 302 g/mol. The van der Waals surface area contributed by atoms with Crippen LogP contribution in [0.2, 0.25) is 0 Å². The molecule has 0 fully saturated rings. The molecule has 20 heavy (non-hydrogen) atoms. The minimum absolute atomic E-state index is 0. The van der Waals surface area contributed by atoms with E-state index < -0.39 is 0 Å². The standard InChI is InChI=1S/C14H15FN2O.2ClH/c1-10(16)14-7-6-12(8-17-14)18-9-11-4-2-3-5-13(11)15;;/h2-8,10H,9,16H2,1H3;2*1H/t10-;;/m1../s1. The fourth-order valence-corrected chi connectivity index (χ4v) is 1.52. The summed E-state index contributed by atoms with van der Waals surface area (Å²) in [4.78, 5) is 4.17. The van der Waals surface area contributed by atoms with Crippen LogP contribution in [-0.4, -0.2) is 4.98 Å². The van der Waals surface area contributed by atoms with Crippen LogP contribution in [0.1, 0.15) is 24.2 Å². The van der Waals surface area contributed by atoms with Crippen molar-refractivity contribution in [3.05, 3.63) is 59.7 Å². The highest BCUT2D eigenvalue weighted by Gasteiger charge is 2.03. The third-order valence-electron chi connectivity index (χ3n) is 2.58. The molecule has 0 radical (unpaired) electrons. The lowest BCUT2D eigenvalue weighted by molar-refractivity contribution is 0.298. The van der Waals surface area contributed by atoms with E-state index in [1.807, 2.05) is 6.92 Å². The molecule has 1 aromatic carbocycles. The molecule has 0 amide bonds. The molecule has 0 spiro atoms. The molecule has 0 saturated heterocycles. The molecule has 0 aliphatic heterocycles. The highest BCUT2D eigenvalue weighted by atomic mass is 35.5. The summed E-state index contributed by atoms with van der Waals surface area (Å²) in [5, 5.41) is 0. The van der Waals surface area contributed by atoms with Gasteiger partial charge in [-0.25, -0.2) is 4.39 Å². The maximum absolute atomic E-state index is 13.4. The number of nitrogens with two attached hydrogens (primary N) is 1. The number of rotatable bonds is 4. The van der Waals surface area contributed by atoms with E-state index in [0.29, 0.717) is 11.3 Å². The molecule has 2 rings (SSSR count). The van der Waals surface area contributed by atoms with E-state index in [1.165, 1.54) is 6.07 Å². The minimum Gasteiger partial charge on any atom is -0.487 e. The lowest BCUT2D eigenvalue weighted by Gasteiger charge is -2.08. The highest BCUT2D eigenvalue weighted by Crippen LogP contribution is 2.15. The van der Waals surface area contributed by atoms with Crippen molar-refractivity contribution in [3.63, 3.8) is 0 Å². The lowest BCUT2D eigenvalue weighted by Crippen LogP contribution is -2.07. The van der Waals surface area contributed by atoms with Gasteiger partial charge >= 0.3 is 0 Å². The Bertz CT molecular complexity index is 521. The molecule has 2 N–H and O–H groups in total. The van der Waals surface area contributed by atoms with Crippen LogP contribution < -0.4 is 10.5 Å². The van der Waals surface area contributed by atoms with E-state index in [4.69, 9.17) is 10.5 Å². The van der Waals surface area contributed by atoms with Crippen molar-refractivity contribution in [2.45, 2.75) is 19.6 Å². The van der Waals surface area contributed by atoms with Gasteiger partial charge in [0.05, 0.1) is 11.9 Å². The zero-order chi connectivity index (χ0) is 13.0. The summed E-state index contributed by atoms with van der Waals surface area (Å²) in [6.45, 7) is 2.05. The van der Waals surface area contributed by atoms with Gasteiger partial charge in [0.25, 0.3) is 0 Å². The molecule has 110 valence electrons. The largest absolute Gasteiger partial charge is 0.487 e. The van der Waals surface area contributed by atoms with Crippen LogP contribution in [0.15, 0.2) is 42.6 Å². The Balaban J connectivity index is 0.00000180. The Kier molecular flexibility index (Phi) is 8.15. The molecular formula is C14H17Cl2FN2O. The maximum Gasteiger partial charge on any atom is 0.138 e. The van der Waals surface area contributed by atoms with Crippen LogP contribution >= 0.6 is 24.8 Å². The quantitative estimate of drug-likeness (QED) is 0.935. The number of nitrogens with zero attached hydrogens (tertiary/aromatic N) is 1. The zero-order valence-electron chi connectivity index (χ0n) is 11.0. The van der Waals surface area contributed by atoms with Crippen molar-refractivity contribution in [1.29, 1.82) is 0 Å². The van der Waals surface area contributed by atoms with Crippen molar-refractivity contribution >= 4 is 24.8 Å². The van der Waals surface area contributed by atoms with Crippen molar-refractivity contribution < 1.29 is 9.13 Å². The van der Waals surface area contributed by atoms with Gasteiger partial charge in [0.1, 0.15) is 18.2 Å². The molecule has 1 aromatic heterocycles. The van der Waals surface area contributed by atoms with Gasteiger partial charge in [0, 0.05) is 11.6 Å². The Labute approximate surface area is 130 Å². The van der Waals surface area contributed by atoms with Crippen molar-refractivity contribution in [2.75, 3.05) is 0 Å². The Morgan fingerprint density at radius 2 is 1.90 bits per heavy atom. The number of benzene rings is 1. The van der Waals surface area contributed by atoms with E-state index >= 15 is 0 Å². The highest BCUT2D eigenvalue weighted by molar-refractivity contribution is 5.85. The molecule has 0 unspecified atom stereocenters.